The van der Waals surface area contributed by atoms with Crippen LogP contribution in [0, 0.1) is 0 Å². The minimum absolute atomic E-state index is 0. The Labute approximate surface area is 148 Å². The van der Waals surface area contributed by atoms with E-state index < -0.39 is 0 Å². The van der Waals surface area contributed by atoms with Crippen LogP contribution >= 0.6 is 23.7 Å². The fraction of sp³-hybridized carbons (Fsp3) is 0.389. The Hall–Kier alpha value is -1.36. The largest absolute Gasteiger partial charge is 0.507 e. The van der Waals surface area contributed by atoms with Crippen molar-refractivity contribution in [3.8, 4) is 5.75 Å². The molecule has 0 radical (unpaired) electrons. The highest BCUT2D eigenvalue weighted by molar-refractivity contribution is 7.12. The summed E-state index contributed by atoms with van der Waals surface area (Å²) in [5.74, 6) is 0.310. The summed E-state index contributed by atoms with van der Waals surface area (Å²) < 4.78 is 0. The molecule has 1 aromatic carbocycles. The molecule has 1 N–H and O–H groups in total. The average molecular weight is 354 g/mol. The molecule has 23 heavy (non-hydrogen) atoms. The number of hydrogen-bond acceptors (Lipinski definition) is 4. The molecule has 0 aliphatic carbocycles. The molecule has 2 rings (SSSR count). The molecule has 0 aliphatic heterocycles. The predicted molar refractivity (Wildman–Crippen MR) is 99.2 cm³/mol. The SMILES string of the molecule is CN(C)Cc1cc(C(=O)c2cccs2)cc(C(C)(C)C)c1O.Cl. The lowest BCUT2D eigenvalue weighted by Gasteiger charge is -2.24. The summed E-state index contributed by atoms with van der Waals surface area (Å²) in [6.07, 6.45) is 0. The van der Waals surface area contributed by atoms with Crippen molar-refractivity contribution >= 4 is 29.5 Å². The number of nitrogens with zero attached hydrogens (tertiary/aromatic N) is 1. The second kappa shape index (κ2) is 7.47. The maximum atomic E-state index is 12.7. The van der Waals surface area contributed by atoms with E-state index in [0.717, 1.165) is 16.0 Å². The third kappa shape index (κ3) is 4.56. The summed E-state index contributed by atoms with van der Waals surface area (Å²) in [7, 11) is 3.90. The molecular formula is C18H24ClNO2S. The van der Waals surface area contributed by atoms with E-state index in [1.165, 1.54) is 11.3 Å². The Morgan fingerprint density at radius 2 is 1.91 bits per heavy atom. The van der Waals surface area contributed by atoms with Gasteiger partial charge in [0.25, 0.3) is 0 Å². The Morgan fingerprint density at radius 1 is 1.26 bits per heavy atom. The number of benzene rings is 1. The molecule has 3 nitrogen and oxygen atoms in total. The summed E-state index contributed by atoms with van der Waals surface area (Å²) in [5.41, 5.74) is 2.02. The van der Waals surface area contributed by atoms with Gasteiger partial charge in [-0.1, -0.05) is 26.8 Å². The van der Waals surface area contributed by atoms with Crippen LogP contribution in [0.2, 0.25) is 0 Å². The first-order valence-electron chi connectivity index (χ1n) is 7.29. The topological polar surface area (TPSA) is 40.5 Å². The van der Waals surface area contributed by atoms with Crippen LogP contribution in [0.5, 0.6) is 5.75 Å². The van der Waals surface area contributed by atoms with Crippen molar-refractivity contribution in [2.24, 2.45) is 0 Å². The third-order valence-corrected chi connectivity index (χ3v) is 4.36. The van der Waals surface area contributed by atoms with E-state index in [1.807, 2.05) is 69.4 Å². The number of aromatic hydroxyl groups is 1. The fourth-order valence-corrected chi connectivity index (χ4v) is 3.09. The Balaban J connectivity index is 0.00000264. The first kappa shape index (κ1) is 19.7. The number of thiophene rings is 1. The van der Waals surface area contributed by atoms with E-state index in [-0.39, 0.29) is 23.6 Å². The van der Waals surface area contributed by atoms with Crippen LogP contribution in [0.4, 0.5) is 0 Å². The molecule has 0 unspecified atom stereocenters. The van der Waals surface area contributed by atoms with Gasteiger partial charge in [0.2, 0.25) is 5.78 Å². The lowest BCUT2D eigenvalue weighted by molar-refractivity contribution is 0.104. The van der Waals surface area contributed by atoms with E-state index in [4.69, 9.17) is 0 Å². The molecule has 0 aliphatic rings. The molecule has 0 saturated heterocycles. The molecule has 1 heterocycles. The monoisotopic (exact) mass is 353 g/mol. The number of carbonyl (C=O) groups excluding carboxylic acids is 1. The molecular weight excluding hydrogens is 330 g/mol. The highest BCUT2D eigenvalue weighted by atomic mass is 35.5. The molecule has 5 heteroatoms. The van der Waals surface area contributed by atoms with Gasteiger partial charge in [0.15, 0.2) is 0 Å². The van der Waals surface area contributed by atoms with Gasteiger partial charge in [-0.2, -0.15) is 0 Å². The second-order valence-corrected chi connectivity index (χ2v) is 7.77. The minimum Gasteiger partial charge on any atom is -0.507 e. The van der Waals surface area contributed by atoms with Crippen LogP contribution in [0.3, 0.4) is 0 Å². The third-order valence-electron chi connectivity index (χ3n) is 3.49. The van der Waals surface area contributed by atoms with Gasteiger partial charge in [0.05, 0.1) is 4.88 Å². The molecule has 0 amide bonds. The molecule has 1 aromatic heterocycles. The number of carbonyl (C=O) groups is 1. The van der Waals surface area contributed by atoms with Gasteiger partial charge in [-0.05, 0) is 43.1 Å². The van der Waals surface area contributed by atoms with Crippen LogP contribution in [-0.2, 0) is 12.0 Å². The van der Waals surface area contributed by atoms with Crippen LogP contribution in [0.1, 0.15) is 47.1 Å². The van der Waals surface area contributed by atoms with Gasteiger partial charge >= 0.3 is 0 Å². The van der Waals surface area contributed by atoms with Gasteiger partial charge in [-0.15, -0.1) is 23.7 Å². The zero-order chi connectivity index (χ0) is 16.5. The predicted octanol–water partition coefficient (Wildman–Crippen LogP) is 4.47. The normalized spacial score (nSPS) is 11.4. The molecule has 2 aromatic rings. The van der Waals surface area contributed by atoms with E-state index in [9.17, 15) is 9.90 Å². The molecule has 0 atom stereocenters. The second-order valence-electron chi connectivity index (χ2n) is 6.83. The first-order valence-corrected chi connectivity index (χ1v) is 8.17. The smallest absolute Gasteiger partial charge is 0.202 e. The minimum atomic E-state index is -0.225. The maximum absolute atomic E-state index is 12.7. The van der Waals surface area contributed by atoms with Crippen LogP contribution in [0.15, 0.2) is 29.6 Å². The van der Waals surface area contributed by atoms with Crippen molar-refractivity contribution < 1.29 is 9.90 Å². The number of phenols is 1. The highest BCUT2D eigenvalue weighted by Crippen LogP contribution is 2.35. The number of phenolic OH excluding ortho intramolecular Hbond substituents is 1. The number of hydrogen-bond donors (Lipinski definition) is 1. The van der Waals surface area contributed by atoms with Gasteiger partial charge < -0.3 is 10.0 Å². The van der Waals surface area contributed by atoms with Crippen molar-refractivity contribution in [3.05, 3.63) is 51.2 Å². The van der Waals surface area contributed by atoms with Crippen LogP contribution in [0.25, 0.3) is 0 Å². The van der Waals surface area contributed by atoms with Crippen molar-refractivity contribution in [2.45, 2.75) is 32.7 Å². The highest BCUT2D eigenvalue weighted by Gasteiger charge is 2.23. The molecule has 126 valence electrons. The fourth-order valence-electron chi connectivity index (χ4n) is 2.41. The van der Waals surface area contributed by atoms with Gasteiger partial charge in [-0.25, -0.2) is 0 Å². The Bertz CT molecular complexity index is 673. The standard InChI is InChI=1S/C18H23NO2S.ClH/c1-18(2,3)14-10-12(17(21)15-7-6-8-22-15)9-13(16(14)20)11-19(4)5;/h6-10,20H,11H2,1-5H3;1H. The number of rotatable bonds is 4. The van der Waals surface area contributed by atoms with Gasteiger partial charge in [0, 0.05) is 23.2 Å². The van der Waals surface area contributed by atoms with Crippen molar-refractivity contribution in [2.75, 3.05) is 14.1 Å². The number of ketones is 1. The summed E-state index contributed by atoms with van der Waals surface area (Å²) in [5, 5.41) is 12.5. The summed E-state index contributed by atoms with van der Waals surface area (Å²) >= 11 is 1.44. The van der Waals surface area contributed by atoms with Gasteiger partial charge in [0.1, 0.15) is 5.75 Å². The van der Waals surface area contributed by atoms with Crippen molar-refractivity contribution in [1.29, 1.82) is 0 Å². The maximum Gasteiger partial charge on any atom is 0.202 e. The molecule has 0 fully saturated rings. The Morgan fingerprint density at radius 3 is 2.39 bits per heavy atom. The molecule has 0 saturated carbocycles. The Kier molecular flexibility index (Phi) is 6.40. The van der Waals surface area contributed by atoms with Crippen LogP contribution in [-0.4, -0.2) is 29.9 Å². The zero-order valence-corrected chi connectivity index (χ0v) is 15.8. The van der Waals surface area contributed by atoms with E-state index >= 15 is 0 Å². The summed E-state index contributed by atoms with van der Waals surface area (Å²) in [4.78, 5) is 15.4. The summed E-state index contributed by atoms with van der Waals surface area (Å²) in [6.45, 7) is 6.73. The lowest BCUT2D eigenvalue weighted by atomic mass is 9.83. The van der Waals surface area contributed by atoms with Crippen molar-refractivity contribution in [3.63, 3.8) is 0 Å². The molecule has 0 bridgehead atoms. The van der Waals surface area contributed by atoms with Crippen molar-refractivity contribution in [1.82, 2.24) is 4.90 Å². The lowest BCUT2D eigenvalue weighted by Crippen LogP contribution is -2.17. The van der Waals surface area contributed by atoms with Gasteiger partial charge in [-0.3, -0.25) is 4.79 Å². The van der Waals surface area contributed by atoms with E-state index in [0.29, 0.717) is 17.9 Å². The zero-order valence-electron chi connectivity index (χ0n) is 14.2. The summed E-state index contributed by atoms with van der Waals surface area (Å²) in [6, 6.07) is 7.36. The quantitative estimate of drug-likeness (QED) is 0.824. The average Bonchev–Trinajstić information content (AvgIpc) is 2.92. The first-order chi connectivity index (χ1) is 10.2. The van der Waals surface area contributed by atoms with Crippen LogP contribution < -0.4 is 0 Å². The van der Waals surface area contributed by atoms with E-state index in [2.05, 4.69) is 0 Å². The number of halogens is 1. The molecule has 0 spiro atoms. The van der Waals surface area contributed by atoms with E-state index in [1.54, 1.807) is 0 Å².